The number of carbonyl (C=O) groups excluding carboxylic acids is 1. The lowest BCUT2D eigenvalue weighted by atomic mass is 9.97. The van der Waals surface area contributed by atoms with Crippen molar-refractivity contribution in [2.24, 2.45) is 0 Å². The van der Waals surface area contributed by atoms with E-state index in [0.29, 0.717) is 34.7 Å². The predicted octanol–water partition coefficient (Wildman–Crippen LogP) is 6.28. The normalized spacial score (nSPS) is 14.5. The zero-order valence-electron chi connectivity index (χ0n) is 18.3. The minimum absolute atomic E-state index is 0.109. The van der Waals surface area contributed by atoms with Gasteiger partial charge >= 0.3 is 6.18 Å². The van der Waals surface area contributed by atoms with E-state index in [-0.39, 0.29) is 11.1 Å². The van der Waals surface area contributed by atoms with Crippen molar-refractivity contribution in [2.45, 2.75) is 6.18 Å². The first-order chi connectivity index (χ1) is 16.7. The summed E-state index contributed by atoms with van der Waals surface area (Å²) >= 11 is 6.52. The number of nitrogens with zero attached hydrogens (tertiary/aromatic N) is 1. The lowest BCUT2D eigenvalue weighted by molar-refractivity contribution is -0.137. The summed E-state index contributed by atoms with van der Waals surface area (Å²) in [6.45, 7) is 2.94. The summed E-state index contributed by atoms with van der Waals surface area (Å²) in [5, 5.41) is 11.2. The van der Waals surface area contributed by atoms with Crippen LogP contribution in [0.4, 0.5) is 18.9 Å². The summed E-state index contributed by atoms with van der Waals surface area (Å²) in [6, 6.07) is 15.2. The fourth-order valence-electron chi connectivity index (χ4n) is 4.31. The van der Waals surface area contributed by atoms with Gasteiger partial charge < -0.3 is 19.7 Å². The number of hydrogen-bond donors (Lipinski definition) is 2. The SMILES string of the molecule is O=C(c1cccc(C(F)(F)F)c1)c1c(O)[nH]c2cc(Cl)c(-c3ccc(N4CCOCC4)cc3)cc12. The van der Waals surface area contributed by atoms with Gasteiger partial charge in [0.15, 0.2) is 5.78 Å². The van der Waals surface area contributed by atoms with Crippen molar-refractivity contribution in [3.63, 3.8) is 0 Å². The quantitative estimate of drug-likeness (QED) is 0.324. The molecule has 0 unspecified atom stereocenters. The van der Waals surface area contributed by atoms with Crippen molar-refractivity contribution in [3.8, 4) is 17.0 Å². The third-order valence-electron chi connectivity index (χ3n) is 6.10. The number of fused-ring (bicyclic) bond motifs is 1. The Hall–Kier alpha value is -3.49. The number of aromatic hydroxyl groups is 1. The summed E-state index contributed by atoms with van der Waals surface area (Å²) in [4.78, 5) is 18.1. The molecule has 0 spiro atoms. The molecule has 1 aromatic heterocycles. The van der Waals surface area contributed by atoms with Gasteiger partial charge in [-0.15, -0.1) is 0 Å². The second-order valence-electron chi connectivity index (χ2n) is 8.28. The minimum Gasteiger partial charge on any atom is -0.494 e. The molecule has 0 amide bonds. The third kappa shape index (κ3) is 4.47. The number of ketones is 1. The lowest BCUT2D eigenvalue weighted by Crippen LogP contribution is -2.36. The molecule has 1 aliphatic heterocycles. The summed E-state index contributed by atoms with van der Waals surface area (Å²) < 4.78 is 44.8. The van der Waals surface area contributed by atoms with Crippen LogP contribution in [0.2, 0.25) is 5.02 Å². The maximum absolute atomic E-state index is 13.2. The molecule has 4 aromatic rings. The van der Waals surface area contributed by atoms with E-state index < -0.39 is 23.4 Å². The zero-order valence-corrected chi connectivity index (χ0v) is 19.1. The molecule has 1 saturated heterocycles. The lowest BCUT2D eigenvalue weighted by Gasteiger charge is -2.29. The van der Waals surface area contributed by atoms with Gasteiger partial charge in [0.05, 0.1) is 34.9 Å². The number of hydrogen-bond acceptors (Lipinski definition) is 4. The largest absolute Gasteiger partial charge is 0.494 e. The van der Waals surface area contributed by atoms with Crippen LogP contribution in [0.25, 0.3) is 22.0 Å². The third-order valence-corrected chi connectivity index (χ3v) is 6.41. The molecular weight excluding hydrogens is 481 g/mol. The highest BCUT2D eigenvalue weighted by Gasteiger charge is 2.31. The molecule has 1 fully saturated rings. The molecule has 180 valence electrons. The molecule has 5 nitrogen and oxygen atoms in total. The first kappa shape index (κ1) is 23.3. The smallest absolute Gasteiger partial charge is 0.416 e. The number of carbonyl (C=O) groups is 1. The van der Waals surface area contributed by atoms with E-state index in [1.54, 1.807) is 12.1 Å². The van der Waals surface area contributed by atoms with Gasteiger partial charge in [-0.05, 0) is 42.0 Å². The highest BCUT2D eigenvalue weighted by Crippen LogP contribution is 2.38. The van der Waals surface area contributed by atoms with Gasteiger partial charge in [-0.1, -0.05) is 35.9 Å². The maximum Gasteiger partial charge on any atom is 0.416 e. The van der Waals surface area contributed by atoms with Crippen LogP contribution in [0.15, 0.2) is 60.7 Å². The average molecular weight is 501 g/mol. The first-order valence-corrected chi connectivity index (χ1v) is 11.3. The molecule has 0 radical (unpaired) electrons. The second-order valence-corrected chi connectivity index (χ2v) is 8.69. The molecule has 0 saturated carbocycles. The molecule has 0 aliphatic carbocycles. The molecule has 2 N–H and O–H groups in total. The number of alkyl halides is 3. The molecule has 3 aromatic carbocycles. The number of rotatable bonds is 4. The number of morpholine rings is 1. The van der Waals surface area contributed by atoms with Crippen molar-refractivity contribution >= 4 is 34.0 Å². The Kier molecular flexibility index (Phi) is 5.94. The standard InChI is InChI=1S/C26H20ClF3N2O3/c27-21-14-22-20(13-19(21)15-4-6-18(7-5-15)32-8-10-35-11-9-32)23(25(34)31-22)24(33)16-2-1-3-17(12-16)26(28,29)30/h1-7,12-14,31,34H,8-11H2. The number of nitrogens with one attached hydrogen (secondary N) is 1. The van der Waals surface area contributed by atoms with Crippen LogP contribution in [0.5, 0.6) is 5.88 Å². The van der Waals surface area contributed by atoms with E-state index in [9.17, 15) is 23.1 Å². The van der Waals surface area contributed by atoms with Crippen molar-refractivity contribution in [1.82, 2.24) is 4.98 Å². The second kappa shape index (κ2) is 8.94. The van der Waals surface area contributed by atoms with Crippen LogP contribution in [0.1, 0.15) is 21.5 Å². The molecule has 35 heavy (non-hydrogen) atoms. The minimum atomic E-state index is -4.59. The average Bonchev–Trinajstić information content (AvgIpc) is 3.17. The van der Waals surface area contributed by atoms with E-state index in [0.717, 1.165) is 36.5 Å². The highest BCUT2D eigenvalue weighted by molar-refractivity contribution is 6.34. The van der Waals surface area contributed by atoms with E-state index in [1.165, 1.54) is 12.1 Å². The Morgan fingerprint density at radius 2 is 1.74 bits per heavy atom. The summed E-state index contributed by atoms with van der Waals surface area (Å²) in [7, 11) is 0. The summed E-state index contributed by atoms with van der Waals surface area (Å²) in [6.07, 6.45) is -4.59. The van der Waals surface area contributed by atoms with Gasteiger partial charge in [0.2, 0.25) is 5.88 Å². The van der Waals surface area contributed by atoms with Crippen LogP contribution in [-0.4, -0.2) is 42.2 Å². The Bertz CT molecular complexity index is 1410. The van der Waals surface area contributed by atoms with Crippen molar-refractivity contribution in [1.29, 1.82) is 0 Å². The van der Waals surface area contributed by atoms with Gasteiger partial charge in [0.25, 0.3) is 0 Å². The molecular formula is C26H20ClF3N2O3. The van der Waals surface area contributed by atoms with Crippen LogP contribution in [0, 0.1) is 0 Å². The Labute approximate surface area is 203 Å². The van der Waals surface area contributed by atoms with Crippen LogP contribution >= 0.6 is 11.6 Å². The number of aromatic nitrogens is 1. The first-order valence-electron chi connectivity index (χ1n) is 10.9. The summed E-state index contributed by atoms with van der Waals surface area (Å²) in [5.74, 6) is -1.16. The van der Waals surface area contributed by atoms with E-state index in [1.807, 2.05) is 24.3 Å². The maximum atomic E-state index is 13.2. The van der Waals surface area contributed by atoms with Crippen molar-refractivity contribution < 1.29 is 27.8 Å². The molecule has 9 heteroatoms. The molecule has 0 bridgehead atoms. The van der Waals surface area contributed by atoms with Crippen LogP contribution in [0.3, 0.4) is 0 Å². The van der Waals surface area contributed by atoms with Gasteiger partial charge in [-0.2, -0.15) is 13.2 Å². The monoisotopic (exact) mass is 500 g/mol. The molecule has 2 heterocycles. The number of aromatic amines is 1. The number of benzene rings is 3. The highest BCUT2D eigenvalue weighted by atomic mass is 35.5. The van der Waals surface area contributed by atoms with Gasteiger partial charge in [-0.3, -0.25) is 4.79 Å². The van der Waals surface area contributed by atoms with E-state index >= 15 is 0 Å². The molecule has 0 atom stereocenters. The molecule has 5 rings (SSSR count). The topological polar surface area (TPSA) is 65.6 Å². The summed E-state index contributed by atoms with van der Waals surface area (Å²) in [5.41, 5.74) is 1.65. The fraction of sp³-hybridized carbons (Fsp3) is 0.192. The van der Waals surface area contributed by atoms with Gasteiger partial charge in [-0.25, -0.2) is 0 Å². The number of halogens is 4. The Morgan fingerprint density at radius 3 is 2.43 bits per heavy atom. The Balaban J connectivity index is 1.54. The van der Waals surface area contributed by atoms with Crippen molar-refractivity contribution in [2.75, 3.05) is 31.2 Å². The van der Waals surface area contributed by atoms with Crippen LogP contribution < -0.4 is 4.90 Å². The molecule has 1 aliphatic rings. The van der Waals surface area contributed by atoms with E-state index in [2.05, 4.69) is 9.88 Å². The fourth-order valence-corrected chi connectivity index (χ4v) is 4.58. The van der Waals surface area contributed by atoms with Crippen molar-refractivity contribution in [3.05, 3.63) is 82.4 Å². The number of anilines is 1. The van der Waals surface area contributed by atoms with Gasteiger partial charge in [0, 0.05) is 35.3 Å². The van der Waals surface area contributed by atoms with Crippen LogP contribution in [-0.2, 0) is 10.9 Å². The predicted molar refractivity (Wildman–Crippen MR) is 128 cm³/mol. The van der Waals surface area contributed by atoms with E-state index in [4.69, 9.17) is 16.3 Å². The Morgan fingerprint density at radius 1 is 1.03 bits per heavy atom. The number of ether oxygens (including phenoxy) is 1. The zero-order chi connectivity index (χ0) is 24.7. The van der Waals surface area contributed by atoms with Gasteiger partial charge in [0.1, 0.15) is 0 Å². The number of H-pyrrole nitrogens is 1.